The van der Waals surface area contributed by atoms with E-state index in [2.05, 4.69) is 31.3 Å². The zero-order valence-corrected chi connectivity index (χ0v) is 18.1. The SMILES string of the molecule is C[C@]12CCC(=O)C=C1C[C@@H](Sc1ccc(N)cc1)[C@@H]1[C@@H]2CC[C@]2(C)C(=O)NC[C@@H]12. The molecule has 5 heteroatoms. The Balaban J connectivity index is 1.56. The average molecular weight is 411 g/mol. The summed E-state index contributed by atoms with van der Waals surface area (Å²) in [5.41, 5.74) is 7.87. The smallest absolute Gasteiger partial charge is 0.226 e. The average Bonchev–Trinajstić information content (AvgIpc) is 3.00. The lowest BCUT2D eigenvalue weighted by atomic mass is 9.47. The molecular weight excluding hydrogens is 380 g/mol. The molecule has 2 saturated carbocycles. The van der Waals surface area contributed by atoms with Crippen molar-refractivity contribution in [1.29, 1.82) is 0 Å². The van der Waals surface area contributed by atoms with Crippen LogP contribution in [-0.2, 0) is 9.59 Å². The van der Waals surface area contributed by atoms with Crippen LogP contribution in [0.15, 0.2) is 40.8 Å². The number of carbonyl (C=O) groups is 2. The van der Waals surface area contributed by atoms with Crippen molar-refractivity contribution >= 4 is 29.1 Å². The van der Waals surface area contributed by atoms with Crippen molar-refractivity contribution < 1.29 is 9.59 Å². The number of hydrogen-bond acceptors (Lipinski definition) is 4. The summed E-state index contributed by atoms with van der Waals surface area (Å²) in [6.07, 6.45) is 6.56. The lowest BCUT2D eigenvalue weighted by Crippen LogP contribution is -2.55. The number of carbonyl (C=O) groups excluding carboxylic acids is 2. The summed E-state index contributed by atoms with van der Waals surface area (Å²) in [4.78, 5) is 26.2. The number of ketones is 1. The molecule has 1 aliphatic heterocycles. The molecule has 4 aliphatic rings. The van der Waals surface area contributed by atoms with E-state index in [0.29, 0.717) is 29.4 Å². The molecule has 154 valence electrons. The molecule has 5 rings (SSSR count). The maximum absolute atomic E-state index is 12.7. The van der Waals surface area contributed by atoms with Gasteiger partial charge in [0.05, 0.1) is 5.41 Å². The predicted octanol–water partition coefficient (Wildman–Crippen LogP) is 4.21. The molecule has 3 N–H and O–H groups in total. The van der Waals surface area contributed by atoms with Gasteiger partial charge in [0.2, 0.25) is 5.91 Å². The molecule has 6 atom stereocenters. The number of benzene rings is 1. The molecule has 3 fully saturated rings. The number of rotatable bonds is 2. The Labute approximate surface area is 177 Å². The topological polar surface area (TPSA) is 72.2 Å². The van der Waals surface area contributed by atoms with Gasteiger partial charge in [0.25, 0.3) is 0 Å². The molecule has 0 radical (unpaired) electrons. The van der Waals surface area contributed by atoms with E-state index in [0.717, 1.165) is 37.9 Å². The third-order valence-electron chi connectivity index (χ3n) is 8.52. The third-order valence-corrected chi connectivity index (χ3v) is 9.85. The van der Waals surface area contributed by atoms with Crippen LogP contribution in [0.3, 0.4) is 0 Å². The molecule has 3 aliphatic carbocycles. The van der Waals surface area contributed by atoms with Gasteiger partial charge >= 0.3 is 0 Å². The second kappa shape index (κ2) is 6.63. The molecule has 1 saturated heterocycles. The van der Waals surface area contributed by atoms with Crippen molar-refractivity contribution in [3.05, 3.63) is 35.9 Å². The van der Waals surface area contributed by atoms with E-state index in [1.807, 2.05) is 30.0 Å². The van der Waals surface area contributed by atoms with Crippen LogP contribution in [0.25, 0.3) is 0 Å². The Morgan fingerprint density at radius 1 is 1.07 bits per heavy atom. The summed E-state index contributed by atoms with van der Waals surface area (Å²) < 4.78 is 0. The monoisotopic (exact) mass is 410 g/mol. The summed E-state index contributed by atoms with van der Waals surface area (Å²) in [5.74, 6) is 1.90. The minimum atomic E-state index is -0.247. The molecule has 1 aromatic rings. The van der Waals surface area contributed by atoms with Crippen molar-refractivity contribution in [1.82, 2.24) is 5.32 Å². The number of amides is 1. The van der Waals surface area contributed by atoms with Crippen LogP contribution in [0.1, 0.15) is 46.0 Å². The predicted molar refractivity (Wildman–Crippen MR) is 116 cm³/mol. The first-order chi connectivity index (χ1) is 13.8. The largest absolute Gasteiger partial charge is 0.399 e. The lowest BCUT2D eigenvalue weighted by Gasteiger charge is -2.58. The van der Waals surface area contributed by atoms with Crippen molar-refractivity contribution in [2.75, 3.05) is 12.3 Å². The van der Waals surface area contributed by atoms with Crippen LogP contribution in [0.4, 0.5) is 5.69 Å². The number of nitrogens with two attached hydrogens (primary N) is 1. The second-order valence-electron chi connectivity index (χ2n) is 9.94. The minimum absolute atomic E-state index is 0.101. The van der Waals surface area contributed by atoms with Crippen molar-refractivity contribution in [3.63, 3.8) is 0 Å². The van der Waals surface area contributed by atoms with Gasteiger partial charge in [-0.05, 0) is 79.2 Å². The van der Waals surface area contributed by atoms with Crippen LogP contribution in [0.2, 0.25) is 0 Å². The Morgan fingerprint density at radius 3 is 2.59 bits per heavy atom. The third kappa shape index (κ3) is 2.88. The van der Waals surface area contributed by atoms with E-state index < -0.39 is 0 Å². The second-order valence-corrected chi connectivity index (χ2v) is 11.3. The van der Waals surface area contributed by atoms with Gasteiger partial charge in [0.15, 0.2) is 5.78 Å². The van der Waals surface area contributed by atoms with Gasteiger partial charge in [-0.25, -0.2) is 0 Å². The number of anilines is 1. The van der Waals surface area contributed by atoms with Gasteiger partial charge in [-0.3, -0.25) is 9.59 Å². The number of fused-ring (bicyclic) bond motifs is 5. The number of allylic oxidation sites excluding steroid dienone is 2. The van der Waals surface area contributed by atoms with Gasteiger partial charge in [0.1, 0.15) is 0 Å². The normalized spacial score (nSPS) is 41.1. The molecule has 0 spiro atoms. The molecule has 1 amide bonds. The Morgan fingerprint density at radius 2 is 1.83 bits per heavy atom. The molecule has 0 unspecified atom stereocenters. The van der Waals surface area contributed by atoms with Crippen molar-refractivity contribution in [3.8, 4) is 0 Å². The van der Waals surface area contributed by atoms with Gasteiger partial charge in [-0.1, -0.05) is 19.4 Å². The lowest BCUT2D eigenvalue weighted by molar-refractivity contribution is -0.133. The van der Waals surface area contributed by atoms with Crippen molar-refractivity contribution in [2.45, 2.75) is 56.1 Å². The summed E-state index contributed by atoms with van der Waals surface area (Å²) in [6.45, 7) is 5.36. The fourth-order valence-electron chi connectivity index (χ4n) is 6.73. The Kier molecular flexibility index (Phi) is 4.39. The van der Waals surface area contributed by atoms with Gasteiger partial charge < -0.3 is 11.1 Å². The summed E-state index contributed by atoms with van der Waals surface area (Å²) in [7, 11) is 0. The van der Waals surface area contributed by atoms with Crippen LogP contribution in [0.5, 0.6) is 0 Å². The molecule has 4 nitrogen and oxygen atoms in total. The van der Waals surface area contributed by atoms with Gasteiger partial charge in [-0.15, -0.1) is 11.8 Å². The van der Waals surface area contributed by atoms with E-state index in [1.165, 1.54) is 10.5 Å². The number of thioether (sulfide) groups is 1. The molecule has 1 aromatic carbocycles. The zero-order chi connectivity index (χ0) is 20.4. The standard InChI is InChI=1S/C24H30N2O2S/c1-23-9-7-16(27)11-14(23)12-20(29-17-5-3-15(25)4-6-17)21-18(23)8-10-24(2)19(21)13-26-22(24)28/h3-6,11,18-21H,7-10,12-13,25H2,1-2H3,(H,26,28)/t18-,19-,20+,21+,23-,24-/m0/s1. The maximum atomic E-state index is 12.7. The highest BCUT2D eigenvalue weighted by molar-refractivity contribution is 8.00. The molecule has 1 heterocycles. The first-order valence-corrected chi connectivity index (χ1v) is 11.7. The van der Waals surface area contributed by atoms with E-state index >= 15 is 0 Å². The van der Waals surface area contributed by atoms with Crippen LogP contribution < -0.4 is 11.1 Å². The first-order valence-electron chi connectivity index (χ1n) is 10.9. The minimum Gasteiger partial charge on any atom is -0.399 e. The van der Waals surface area contributed by atoms with E-state index in [4.69, 9.17) is 5.73 Å². The highest BCUT2D eigenvalue weighted by atomic mass is 32.2. The van der Waals surface area contributed by atoms with E-state index in [-0.39, 0.29) is 22.5 Å². The number of hydrogen-bond donors (Lipinski definition) is 2. The highest BCUT2D eigenvalue weighted by Crippen LogP contribution is 2.64. The first kappa shape index (κ1) is 19.2. The zero-order valence-electron chi connectivity index (χ0n) is 17.2. The Bertz CT molecular complexity index is 895. The van der Waals surface area contributed by atoms with Gasteiger partial charge in [0, 0.05) is 28.8 Å². The highest BCUT2D eigenvalue weighted by Gasteiger charge is 2.61. The van der Waals surface area contributed by atoms with E-state index in [9.17, 15) is 9.59 Å². The molecule has 0 aromatic heterocycles. The number of nitrogen functional groups attached to an aromatic ring is 1. The summed E-state index contributed by atoms with van der Waals surface area (Å²) in [6, 6.07) is 8.12. The molecular formula is C24H30N2O2S. The Hall–Kier alpha value is -1.75. The maximum Gasteiger partial charge on any atom is 0.226 e. The van der Waals surface area contributed by atoms with Crippen LogP contribution >= 0.6 is 11.8 Å². The fourth-order valence-corrected chi connectivity index (χ4v) is 8.17. The fraction of sp³-hybridized carbons (Fsp3) is 0.583. The molecule has 29 heavy (non-hydrogen) atoms. The van der Waals surface area contributed by atoms with Crippen molar-refractivity contribution in [2.24, 2.45) is 28.6 Å². The number of nitrogens with one attached hydrogen (secondary N) is 1. The quantitative estimate of drug-likeness (QED) is 0.717. The van der Waals surface area contributed by atoms with E-state index in [1.54, 1.807) is 0 Å². The molecule has 0 bridgehead atoms. The summed E-state index contributed by atoms with van der Waals surface area (Å²) >= 11 is 1.92. The van der Waals surface area contributed by atoms with Crippen LogP contribution in [0, 0.1) is 28.6 Å². The summed E-state index contributed by atoms with van der Waals surface area (Å²) in [5, 5.41) is 3.57. The van der Waals surface area contributed by atoms with Crippen LogP contribution in [-0.4, -0.2) is 23.5 Å². The van der Waals surface area contributed by atoms with Gasteiger partial charge in [-0.2, -0.15) is 0 Å².